The standard InChI is InChI=1S/C21H14ClN3O3S/c22-18-10-9-17(29-18)19-16(20(26)23-14-6-2-1-3-7-14)12-25(24-19)15-8-4-5-13(11-15)21(27)28/h1-12H,(H,23,26)(H,27,28). The van der Waals surface area contributed by atoms with Crippen LogP contribution in [0.15, 0.2) is 72.9 Å². The van der Waals surface area contributed by atoms with E-state index in [4.69, 9.17) is 11.6 Å². The van der Waals surface area contributed by atoms with Crippen LogP contribution in [0.3, 0.4) is 0 Å². The zero-order valence-corrected chi connectivity index (χ0v) is 16.4. The number of aromatic carboxylic acids is 1. The van der Waals surface area contributed by atoms with Gasteiger partial charge in [0.05, 0.1) is 26.0 Å². The Hall–Kier alpha value is -3.42. The fourth-order valence-corrected chi connectivity index (χ4v) is 3.84. The van der Waals surface area contributed by atoms with E-state index in [1.165, 1.54) is 28.2 Å². The first-order chi connectivity index (χ1) is 14.0. The lowest BCUT2D eigenvalue weighted by atomic mass is 10.2. The highest BCUT2D eigenvalue weighted by molar-refractivity contribution is 7.19. The van der Waals surface area contributed by atoms with Crippen LogP contribution >= 0.6 is 22.9 Å². The van der Waals surface area contributed by atoms with E-state index in [0.717, 1.165) is 4.88 Å². The molecule has 0 saturated carbocycles. The maximum Gasteiger partial charge on any atom is 0.335 e. The number of aromatic nitrogens is 2. The number of rotatable bonds is 5. The minimum atomic E-state index is -1.04. The van der Waals surface area contributed by atoms with Crippen molar-refractivity contribution in [3.8, 4) is 16.3 Å². The molecular formula is C21H14ClN3O3S. The Labute approximate surface area is 175 Å². The van der Waals surface area contributed by atoms with Crippen LogP contribution in [-0.2, 0) is 0 Å². The summed E-state index contributed by atoms with van der Waals surface area (Å²) in [4.78, 5) is 25.0. The molecule has 6 nitrogen and oxygen atoms in total. The van der Waals surface area contributed by atoms with Crippen LogP contribution in [0.5, 0.6) is 0 Å². The lowest BCUT2D eigenvalue weighted by molar-refractivity contribution is 0.0696. The molecule has 0 aliphatic carbocycles. The molecule has 144 valence electrons. The smallest absolute Gasteiger partial charge is 0.335 e. The largest absolute Gasteiger partial charge is 0.478 e. The minimum absolute atomic E-state index is 0.133. The molecule has 0 fully saturated rings. The van der Waals surface area contributed by atoms with Gasteiger partial charge in [-0.15, -0.1) is 11.3 Å². The summed E-state index contributed by atoms with van der Waals surface area (Å²) in [6.07, 6.45) is 1.59. The third kappa shape index (κ3) is 4.06. The number of carbonyl (C=O) groups is 2. The van der Waals surface area contributed by atoms with E-state index >= 15 is 0 Å². The van der Waals surface area contributed by atoms with Crippen molar-refractivity contribution in [1.29, 1.82) is 0 Å². The molecule has 1 amide bonds. The van der Waals surface area contributed by atoms with Crippen LogP contribution in [0.4, 0.5) is 5.69 Å². The number of anilines is 1. The molecule has 0 bridgehead atoms. The van der Waals surface area contributed by atoms with E-state index in [-0.39, 0.29) is 11.5 Å². The van der Waals surface area contributed by atoms with Gasteiger partial charge in [0.1, 0.15) is 5.69 Å². The van der Waals surface area contributed by atoms with Crippen molar-refractivity contribution in [3.05, 3.63) is 88.4 Å². The Kier molecular flexibility index (Phi) is 5.16. The molecule has 2 aromatic carbocycles. The second-order valence-corrected chi connectivity index (χ2v) is 7.83. The second kappa shape index (κ2) is 7.90. The highest BCUT2D eigenvalue weighted by Crippen LogP contribution is 2.33. The summed E-state index contributed by atoms with van der Waals surface area (Å²) in [6, 6.07) is 19.0. The maximum absolute atomic E-state index is 12.9. The summed E-state index contributed by atoms with van der Waals surface area (Å²) < 4.78 is 2.08. The number of thiophene rings is 1. The van der Waals surface area contributed by atoms with E-state index in [1.54, 1.807) is 42.6 Å². The average molecular weight is 424 g/mol. The first kappa shape index (κ1) is 18.9. The van der Waals surface area contributed by atoms with E-state index in [9.17, 15) is 14.7 Å². The first-order valence-electron chi connectivity index (χ1n) is 8.57. The number of carboxylic acids is 1. The molecule has 0 unspecified atom stereocenters. The van der Waals surface area contributed by atoms with Gasteiger partial charge < -0.3 is 10.4 Å². The van der Waals surface area contributed by atoms with Crippen molar-refractivity contribution >= 4 is 40.5 Å². The lowest BCUT2D eigenvalue weighted by Crippen LogP contribution is -2.12. The van der Waals surface area contributed by atoms with Crippen LogP contribution in [0.25, 0.3) is 16.3 Å². The topological polar surface area (TPSA) is 84.2 Å². The molecule has 0 spiro atoms. The number of para-hydroxylation sites is 1. The third-order valence-corrected chi connectivity index (χ3v) is 5.39. The molecule has 29 heavy (non-hydrogen) atoms. The summed E-state index contributed by atoms with van der Waals surface area (Å²) in [5.74, 6) is -1.36. The number of amides is 1. The van der Waals surface area contributed by atoms with Crippen LogP contribution in [0, 0.1) is 0 Å². The van der Waals surface area contributed by atoms with E-state index < -0.39 is 5.97 Å². The fraction of sp³-hybridized carbons (Fsp3) is 0. The number of hydrogen-bond donors (Lipinski definition) is 2. The molecular weight excluding hydrogens is 410 g/mol. The van der Waals surface area contributed by atoms with Crippen molar-refractivity contribution < 1.29 is 14.7 Å². The van der Waals surface area contributed by atoms with Gasteiger partial charge in [-0.3, -0.25) is 4.79 Å². The molecule has 4 rings (SSSR count). The molecule has 0 aliphatic rings. The predicted molar refractivity (Wildman–Crippen MR) is 113 cm³/mol. The summed E-state index contributed by atoms with van der Waals surface area (Å²) in [6.45, 7) is 0. The fourth-order valence-electron chi connectivity index (χ4n) is 2.80. The monoisotopic (exact) mass is 423 g/mol. The molecule has 0 aliphatic heterocycles. The molecule has 2 heterocycles. The van der Waals surface area contributed by atoms with Crippen LogP contribution in [0.1, 0.15) is 20.7 Å². The van der Waals surface area contributed by atoms with E-state index in [0.29, 0.717) is 27.0 Å². The van der Waals surface area contributed by atoms with Gasteiger partial charge in [0.25, 0.3) is 5.91 Å². The van der Waals surface area contributed by atoms with Crippen molar-refractivity contribution in [2.45, 2.75) is 0 Å². The van der Waals surface area contributed by atoms with Gasteiger partial charge in [-0.2, -0.15) is 5.10 Å². The van der Waals surface area contributed by atoms with Gasteiger partial charge in [0.15, 0.2) is 0 Å². The number of halogens is 1. The molecule has 2 aromatic heterocycles. The van der Waals surface area contributed by atoms with Gasteiger partial charge in [-0.25, -0.2) is 9.48 Å². The quantitative estimate of drug-likeness (QED) is 0.461. The Morgan fingerprint density at radius 1 is 1.03 bits per heavy atom. The van der Waals surface area contributed by atoms with Crippen molar-refractivity contribution in [3.63, 3.8) is 0 Å². The van der Waals surface area contributed by atoms with Crippen LogP contribution in [0.2, 0.25) is 4.34 Å². The summed E-state index contributed by atoms with van der Waals surface area (Å²) in [7, 11) is 0. The number of carbonyl (C=O) groups excluding carboxylic acids is 1. The predicted octanol–water partition coefficient (Wildman–Crippen LogP) is 5.20. The highest BCUT2D eigenvalue weighted by Gasteiger charge is 2.20. The lowest BCUT2D eigenvalue weighted by Gasteiger charge is -2.04. The van der Waals surface area contributed by atoms with Gasteiger partial charge >= 0.3 is 5.97 Å². The number of hydrogen-bond acceptors (Lipinski definition) is 4. The van der Waals surface area contributed by atoms with Crippen molar-refractivity contribution in [2.75, 3.05) is 5.32 Å². The Morgan fingerprint density at radius 3 is 2.52 bits per heavy atom. The Morgan fingerprint density at radius 2 is 1.83 bits per heavy atom. The molecule has 8 heteroatoms. The highest BCUT2D eigenvalue weighted by atomic mass is 35.5. The average Bonchev–Trinajstić information content (AvgIpc) is 3.35. The zero-order chi connectivity index (χ0) is 20.4. The van der Waals surface area contributed by atoms with Crippen molar-refractivity contribution in [2.24, 2.45) is 0 Å². The molecule has 0 radical (unpaired) electrons. The normalized spacial score (nSPS) is 10.7. The number of nitrogens with zero attached hydrogens (tertiary/aromatic N) is 2. The van der Waals surface area contributed by atoms with Gasteiger partial charge in [0, 0.05) is 11.9 Å². The maximum atomic E-state index is 12.9. The van der Waals surface area contributed by atoms with Crippen molar-refractivity contribution in [1.82, 2.24) is 9.78 Å². The molecule has 4 aromatic rings. The van der Waals surface area contributed by atoms with Crippen LogP contribution < -0.4 is 5.32 Å². The summed E-state index contributed by atoms with van der Waals surface area (Å²) in [5, 5.41) is 16.6. The van der Waals surface area contributed by atoms with Gasteiger partial charge in [-0.1, -0.05) is 35.9 Å². The Balaban J connectivity index is 1.78. The summed E-state index contributed by atoms with van der Waals surface area (Å²) >= 11 is 7.38. The van der Waals surface area contributed by atoms with E-state index in [2.05, 4.69) is 10.4 Å². The second-order valence-electron chi connectivity index (χ2n) is 6.12. The molecule has 0 atom stereocenters. The minimum Gasteiger partial charge on any atom is -0.478 e. The first-order valence-corrected chi connectivity index (χ1v) is 9.76. The Bertz CT molecular complexity index is 1200. The number of carboxylic acid groups (broad SMARTS) is 1. The van der Waals surface area contributed by atoms with E-state index in [1.807, 2.05) is 18.2 Å². The number of benzene rings is 2. The third-order valence-electron chi connectivity index (χ3n) is 4.15. The number of nitrogens with one attached hydrogen (secondary N) is 1. The molecule has 0 saturated heterocycles. The zero-order valence-electron chi connectivity index (χ0n) is 14.9. The molecule has 2 N–H and O–H groups in total. The van der Waals surface area contributed by atoms with Gasteiger partial charge in [-0.05, 0) is 42.5 Å². The van der Waals surface area contributed by atoms with Crippen LogP contribution in [-0.4, -0.2) is 26.8 Å². The van der Waals surface area contributed by atoms with Gasteiger partial charge in [0.2, 0.25) is 0 Å². The summed E-state index contributed by atoms with van der Waals surface area (Å²) in [5.41, 5.74) is 2.15. The SMILES string of the molecule is O=C(O)c1cccc(-n2cc(C(=O)Nc3ccccc3)c(-c3ccc(Cl)s3)n2)c1.